The molecule has 0 atom stereocenters. The molecule has 4 rings (SSSR count). The van der Waals surface area contributed by atoms with Gasteiger partial charge in [0.15, 0.2) is 0 Å². The molecule has 2 aliphatic heterocycles. The van der Waals surface area contributed by atoms with Crippen molar-refractivity contribution in [2.24, 2.45) is 0 Å². The molecule has 7 nitrogen and oxygen atoms in total. The zero-order chi connectivity index (χ0) is 21.5. The van der Waals surface area contributed by atoms with Gasteiger partial charge in [0.25, 0.3) is 0 Å². The fraction of sp³-hybridized carbons (Fsp3) is 0.368. The molecule has 2 saturated heterocycles. The van der Waals surface area contributed by atoms with Gasteiger partial charge in [-0.25, -0.2) is 0 Å². The van der Waals surface area contributed by atoms with E-state index in [0.717, 1.165) is 31.3 Å². The highest BCUT2D eigenvalue weighted by Crippen LogP contribution is 2.34. The SMILES string of the molecule is N=Cc1c(Nc2cccc(C(F)(F)F)c2)nc(Cl)nc1N1CC(N2CCCC2=O)C1. The summed E-state index contributed by atoms with van der Waals surface area (Å²) in [5, 5.41) is 10.5. The van der Waals surface area contributed by atoms with Crippen molar-refractivity contribution < 1.29 is 18.0 Å². The molecule has 0 radical (unpaired) electrons. The molecule has 3 heterocycles. The Hall–Kier alpha value is -2.88. The molecule has 1 amide bonds. The molecule has 0 unspecified atom stereocenters. The highest BCUT2D eigenvalue weighted by molar-refractivity contribution is 6.28. The van der Waals surface area contributed by atoms with Gasteiger partial charge in [-0.05, 0) is 36.2 Å². The molecule has 0 spiro atoms. The summed E-state index contributed by atoms with van der Waals surface area (Å²) in [7, 11) is 0. The highest BCUT2D eigenvalue weighted by atomic mass is 35.5. The van der Waals surface area contributed by atoms with Gasteiger partial charge in [-0.2, -0.15) is 23.1 Å². The second-order valence-corrected chi connectivity index (χ2v) is 7.51. The van der Waals surface area contributed by atoms with E-state index in [1.54, 1.807) is 0 Å². The predicted octanol–water partition coefficient (Wildman–Crippen LogP) is 3.70. The van der Waals surface area contributed by atoms with Crippen molar-refractivity contribution >= 4 is 41.0 Å². The Morgan fingerprint density at radius 3 is 2.67 bits per heavy atom. The van der Waals surface area contributed by atoms with Gasteiger partial charge in [0.2, 0.25) is 11.2 Å². The molecule has 0 saturated carbocycles. The van der Waals surface area contributed by atoms with Gasteiger partial charge in [0.05, 0.1) is 17.2 Å². The second-order valence-electron chi connectivity index (χ2n) is 7.18. The summed E-state index contributed by atoms with van der Waals surface area (Å²) in [5.74, 6) is 0.682. The number of rotatable bonds is 5. The van der Waals surface area contributed by atoms with Crippen LogP contribution in [0.2, 0.25) is 5.28 Å². The maximum atomic E-state index is 13.0. The third kappa shape index (κ3) is 3.91. The summed E-state index contributed by atoms with van der Waals surface area (Å²) in [6, 6.07) is 4.76. The number of nitrogens with zero attached hydrogens (tertiary/aromatic N) is 4. The number of carbonyl (C=O) groups excluding carboxylic acids is 1. The zero-order valence-corrected chi connectivity index (χ0v) is 16.5. The standard InChI is InChI=1S/C19H18ClF3N6O/c20-18-26-16(25-12-4-1-3-11(7-12)19(21,22)23)14(8-24)17(27-18)28-9-13(10-28)29-6-2-5-15(29)30/h1,3-4,7-8,13,24H,2,5-6,9-10H2,(H,25,26,27). The van der Waals surface area contributed by atoms with Gasteiger partial charge in [0, 0.05) is 38.0 Å². The van der Waals surface area contributed by atoms with Crippen LogP contribution in [0.5, 0.6) is 0 Å². The first kappa shape index (κ1) is 20.4. The first-order chi connectivity index (χ1) is 14.3. The highest BCUT2D eigenvalue weighted by Gasteiger charge is 2.38. The topological polar surface area (TPSA) is 85.2 Å². The minimum Gasteiger partial charge on any atom is -0.352 e. The molecule has 2 aromatic rings. The average Bonchev–Trinajstić information content (AvgIpc) is 3.06. The normalized spacial score (nSPS) is 17.3. The number of carbonyl (C=O) groups is 1. The monoisotopic (exact) mass is 438 g/mol. The summed E-state index contributed by atoms with van der Waals surface area (Å²) in [5.41, 5.74) is -0.328. The fourth-order valence-corrected chi connectivity index (χ4v) is 3.86. The van der Waals surface area contributed by atoms with Gasteiger partial charge in [-0.1, -0.05) is 6.07 Å². The van der Waals surface area contributed by atoms with E-state index in [1.165, 1.54) is 12.1 Å². The largest absolute Gasteiger partial charge is 0.416 e. The van der Waals surface area contributed by atoms with E-state index in [4.69, 9.17) is 17.0 Å². The van der Waals surface area contributed by atoms with Gasteiger partial charge >= 0.3 is 6.18 Å². The number of alkyl halides is 3. The van der Waals surface area contributed by atoms with Gasteiger partial charge < -0.3 is 20.5 Å². The van der Waals surface area contributed by atoms with Crippen molar-refractivity contribution in [1.82, 2.24) is 14.9 Å². The molecular formula is C19H18ClF3N6O. The number of amides is 1. The molecule has 2 N–H and O–H groups in total. The lowest BCUT2D eigenvalue weighted by Gasteiger charge is -2.45. The molecule has 0 aliphatic carbocycles. The third-order valence-electron chi connectivity index (χ3n) is 5.21. The van der Waals surface area contributed by atoms with E-state index in [1.807, 2.05) is 9.80 Å². The van der Waals surface area contributed by atoms with Crippen LogP contribution in [0.15, 0.2) is 24.3 Å². The van der Waals surface area contributed by atoms with E-state index < -0.39 is 11.7 Å². The quantitative estimate of drug-likeness (QED) is 0.549. The van der Waals surface area contributed by atoms with Gasteiger partial charge in [0.1, 0.15) is 11.6 Å². The zero-order valence-electron chi connectivity index (χ0n) is 15.7. The van der Waals surface area contributed by atoms with Crippen molar-refractivity contribution in [3.63, 3.8) is 0 Å². The third-order valence-corrected chi connectivity index (χ3v) is 5.38. The van der Waals surface area contributed by atoms with Gasteiger partial charge in [-0.3, -0.25) is 4.79 Å². The van der Waals surface area contributed by atoms with Crippen LogP contribution in [0.25, 0.3) is 0 Å². The fourth-order valence-electron chi connectivity index (χ4n) is 3.69. The predicted molar refractivity (Wildman–Crippen MR) is 107 cm³/mol. The van der Waals surface area contributed by atoms with Crippen LogP contribution >= 0.6 is 11.6 Å². The molecule has 0 bridgehead atoms. The number of hydrogen-bond donors (Lipinski definition) is 2. The van der Waals surface area contributed by atoms with Crippen LogP contribution < -0.4 is 10.2 Å². The Kier molecular flexibility index (Phi) is 5.27. The van der Waals surface area contributed by atoms with Crippen LogP contribution in [0.4, 0.5) is 30.5 Å². The first-order valence-corrected chi connectivity index (χ1v) is 9.71. The molecule has 1 aromatic carbocycles. The maximum absolute atomic E-state index is 13.0. The number of nitrogens with one attached hydrogen (secondary N) is 2. The molecule has 158 valence electrons. The Labute approximate surface area is 175 Å². The van der Waals surface area contributed by atoms with Crippen molar-refractivity contribution in [2.45, 2.75) is 25.1 Å². The lowest BCUT2D eigenvalue weighted by molar-refractivity contribution is -0.137. The van der Waals surface area contributed by atoms with Crippen LogP contribution in [0.1, 0.15) is 24.0 Å². The maximum Gasteiger partial charge on any atom is 0.416 e. The first-order valence-electron chi connectivity index (χ1n) is 9.33. The Morgan fingerprint density at radius 2 is 2.03 bits per heavy atom. The summed E-state index contributed by atoms with van der Waals surface area (Å²) in [4.78, 5) is 23.9. The van der Waals surface area contributed by atoms with E-state index in [-0.39, 0.29) is 28.7 Å². The molecular weight excluding hydrogens is 421 g/mol. The molecule has 2 fully saturated rings. The summed E-state index contributed by atoms with van der Waals surface area (Å²) >= 11 is 6.05. The van der Waals surface area contributed by atoms with Crippen LogP contribution in [0.3, 0.4) is 0 Å². The number of aromatic nitrogens is 2. The average molecular weight is 439 g/mol. The van der Waals surface area contributed by atoms with Crippen molar-refractivity contribution in [3.05, 3.63) is 40.7 Å². The number of benzene rings is 1. The van der Waals surface area contributed by atoms with E-state index in [2.05, 4.69) is 15.3 Å². The van der Waals surface area contributed by atoms with E-state index in [9.17, 15) is 18.0 Å². The van der Waals surface area contributed by atoms with Crippen LogP contribution in [0, 0.1) is 5.41 Å². The van der Waals surface area contributed by atoms with Gasteiger partial charge in [-0.15, -0.1) is 0 Å². The molecule has 11 heteroatoms. The Balaban J connectivity index is 1.58. The van der Waals surface area contributed by atoms with Crippen molar-refractivity contribution in [3.8, 4) is 0 Å². The number of halogens is 4. The Bertz CT molecular complexity index is 993. The minimum atomic E-state index is -4.48. The Morgan fingerprint density at radius 1 is 1.27 bits per heavy atom. The number of hydrogen-bond acceptors (Lipinski definition) is 6. The van der Waals surface area contributed by atoms with E-state index >= 15 is 0 Å². The van der Waals surface area contributed by atoms with E-state index in [0.29, 0.717) is 30.9 Å². The van der Waals surface area contributed by atoms with Crippen molar-refractivity contribution in [2.75, 3.05) is 29.9 Å². The minimum absolute atomic E-state index is 0.0761. The molecule has 1 aromatic heterocycles. The smallest absolute Gasteiger partial charge is 0.352 e. The second kappa shape index (κ2) is 7.75. The molecule has 30 heavy (non-hydrogen) atoms. The summed E-state index contributed by atoms with van der Waals surface area (Å²) in [6.45, 7) is 1.83. The number of anilines is 3. The lowest BCUT2D eigenvalue weighted by Crippen LogP contribution is -2.60. The lowest BCUT2D eigenvalue weighted by atomic mass is 10.1. The summed E-state index contributed by atoms with van der Waals surface area (Å²) < 4.78 is 39.0. The van der Waals surface area contributed by atoms with Crippen molar-refractivity contribution in [1.29, 1.82) is 5.41 Å². The molecule has 2 aliphatic rings. The summed E-state index contributed by atoms with van der Waals surface area (Å²) in [6.07, 6.45) is -2.02. The van der Waals surface area contributed by atoms with Crippen LogP contribution in [-0.4, -0.2) is 52.7 Å². The van der Waals surface area contributed by atoms with Crippen LogP contribution in [-0.2, 0) is 11.0 Å². The number of likely N-dealkylation sites (tertiary alicyclic amines) is 1.